The first-order valence-electron chi connectivity index (χ1n) is 4.92. The molecule has 1 unspecified atom stereocenters. The second-order valence-electron chi connectivity index (χ2n) is 3.88. The SMILES string of the molecule is Cc1cc(C)n(C(=O)C2CNC(=O)C2)n1. The molecule has 5 heteroatoms. The minimum absolute atomic E-state index is 0.0603. The van der Waals surface area contributed by atoms with Gasteiger partial charge in [0.25, 0.3) is 5.91 Å². The van der Waals surface area contributed by atoms with Crippen LogP contribution >= 0.6 is 0 Å². The number of amides is 1. The van der Waals surface area contributed by atoms with Crippen LogP contribution in [0.3, 0.4) is 0 Å². The number of hydrogen-bond acceptors (Lipinski definition) is 3. The van der Waals surface area contributed by atoms with E-state index in [0.29, 0.717) is 6.54 Å². The quantitative estimate of drug-likeness (QED) is 0.719. The van der Waals surface area contributed by atoms with Gasteiger partial charge in [-0.25, -0.2) is 4.68 Å². The van der Waals surface area contributed by atoms with Crippen molar-refractivity contribution in [3.63, 3.8) is 0 Å². The van der Waals surface area contributed by atoms with Gasteiger partial charge in [-0.1, -0.05) is 0 Å². The third-order valence-electron chi connectivity index (χ3n) is 2.55. The highest BCUT2D eigenvalue weighted by atomic mass is 16.2. The van der Waals surface area contributed by atoms with E-state index in [2.05, 4.69) is 10.4 Å². The van der Waals surface area contributed by atoms with Gasteiger partial charge >= 0.3 is 0 Å². The van der Waals surface area contributed by atoms with Crippen molar-refractivity contribution in [1.29, 1.82) is 0 Å². The number of nitrogens with one attached hydrogen (secondary N) is 1. The zero-order valence-electron chi connectivity index (χ0n) is 8.78. The Morgan fingerprint density at radius 2 is 2.33 bits per heavy atom. The lowest BCUT2D eigenvalue weighted by Gasteiger charge is -2.07. The molecular weight excluding hydrogens is 194 g/mol. The zero-order chi connectivity index (χ0) is 11.0. The lowest BCUT2D eigenvalue weighted by atomic mass is 10.1. The van der Waals surface area contributed by atoms with Crippen LogP contribution in [0.4, 0.5) is 0 Å². The minimum atomic E-state index is -0.268. The molecule has 1 aliphatic heterocycles. The van der Waals surface area contributed by atoms with Crippen LogP contribution in [0.5, 0.6) is 0 Å². The Morgan fingerprint density at radius 1 is 1.60 bits per heavy atom. The van der Waals surface area contributed by atoms with Crippen LogP contribution in [0.25, 0.3) is 0 Å². The molecule has 1 fully saturated rings. The van der Waals surface area contributed by atoms with Crippen LogP contribution in [0, 0.1) is 19.8 Å². The van der Waals surface area contributed by atoms with E-state index in [4.69, 9.17) is 0 Å². The molecule has 0 aromatic carbocycles. The van der Waals surface area contributed by atoms with Crippen molar-refractivity contribution in [2.75, 3.05) is 6.54 Å². The Balaban J connectivity index is 2.21. The van der Waals surface area contributed by atoms with Crippen molar-refractivity contribution in [2.45, 2.75) is 20.3 Å². The van der Waals surface area contributed by atoms with E-state index < -0.39 is 0 Å². The second kappa shape index (κ2) is 3.49. The maximum absolute atomic E-state index is 11.9. The highest BCUT2D eigenvalue weighted by Crippen LogP contribution is 2.13. The number of carbonyl (C=O) groups is 2. The first kappa shape index (κ1) is 9.89. The van der Waals surface area contributed by atoms with Gasteiger partial charge in [-0.3, -0.25) is 9.59 Å². The third-order valence-corrected chi connectivity index (χ3v) is 2.55. The Kier molecular flexibility index (Phi) is 2.30. The van der Waals surface area contributed by atoms with Gasteiger partial charge in [0.15, 0.2) is 0 Å². The van der Waals surface area contributed by atoms with E-state index in [9.17, 15) is 9.59 Å². The Labute approximate surface area is 87.5 Å². The average molecular weight is 207 g/mol. The van der Waals surface area contributed by atoms with Gasteiger partial charge in [-0.05, 0) is 19.9 Å². The maximum Gasteiger partial charge on any atom is 0.252 e. The molecule has 5 nitrogen and oxygen atoms in total. The van der Waals surface area contributed by atoms with Crippen LogP contribution < -0.4 is 5.32 Å². The molecule has 1 atom stereocenters. The van der Waals surface area contributed by atoms with Gasteiger partial charge < -0.3 is 5.32 Å². The zero-order valence-corrected chi connectivity index (χ0v) is 8.78. The van der Waals surface area contributed by atoms with Crippen LogP contribution in [-0.4, -0.2) is 28.1 Å². The summed E-state index contributed by atoms with van der Waals surface area (Å²) in [4.78, 5) is 22.9. The molecule has 0 radical (unpaired) electrons. The number of hydrogen-bond donors (Lipinski definition) is 1. The standard InChI is InChI=1S/C10H13N3O2/c1-6-3-7(2)13(12-6)10(15)8-4-9(14)11-5-8/h3,8H,4-5H2,1-2H3,(H,11,14). The second-order valence-corrected chi connectivity index (χ2v) is 3.88. The highest BCUT2D eigenvalue weighted by Gasteiger charge is 2.29. The summed E-state index contributed by atoms with van der Waals surface area (Å²) < 4.78 is 1.39. The van der Waals surface area contributed by atoms with E-state index in [1.807, 2.05) is 19.9 Å². The van der Waals surface area contributed by atoms with Crippen LogP contribution in [0.2, 0.25) is 0 Å². The Morgan fingerprint density at radius 3 is 2.80 bits per heavy atom. The van der Waals surface area contributed by atoms with Crippen molar-refractivity contribution >= 4 is 11.8 Å². The smallest absolute Gasteiger partial charge is 0.252 e. The summed E-state index contributed by atoms with van der Waals surface area (Å²) in [6.45, 7) is 4.10. The monoisotopic (exact) mass is 207 g/mol. The predicted octanol–water partition coefficient (Wildman–Crippen LogP) is 0.276. The number of aryl methyl sites for hydroxylation is 2. The minimum Gasteiger partial charge on any atom is -0.355 e. The fraction of sp³-hybridized carbons (Fsp3) is 0.500. The summed E-state index contributed by atoms with van der Waals surface area (Å²) in [6, 6.07) is 1.85. The molecule has 1 N–H and O–H groups in total. The predicted molar refractivity (Wildman–Crippen MR) is 53.4 cm³/mol. The molecule has 0 bridgehead atoms. The molecule has 1 aliphatic rings. The number of aromatic nitrogens is 2. The third kappa shape index (κ3) is 1.77. The lowest BCUT2D eigenvalue weighted by molar-refractivity contribution is -0.119. The van der Waals surface area contributed by atoms with Gasteiger partial charge in [0, 0.05) is 18.7 Å². The number of nitrogens with zero attached hydrogens (tertiary/aromatic N) is 2. The Hall–Kier alpha value is -1.65. The molecule has 1 amide bonds. The number of carbonyl (C=O) groups excluding carboxylic acids is 2. The van der Waals surface area contributed by atoms with Crippen LogP contribution in [-0.2, 0) is 4.79 Å². The molecule has 15 heavy (non-hydrogen) atoms. The summed E-state index contributed by atoms with van der Waals surface area (Å²) >= 11 is 0. The van der Waals surface area contributed by atoms with Gasteiger partial charge in [-0.15, -0.1) is 0 Å². The molecule has 0 spiro atoms. The first-order valence-corrected chi connectivity index (χ1v) is 4.92. The molecule has 1 aromatic rings. The summed E-state index contributed by atoms with van der Waals surface area (Å²) in [7, 11) is 0. The molecule has 80 valence electrons. The summed E-state index contributed by atoms with van der Waals surface area (Å²) in [6.07, 6.45) is 0.275. The van der Waals surface area contributed by atoms with Gasteiger partial charge in [0.2, 0.25) is 5.91 Å². The van der Waals surface area contributed by atoms with Gasteiger partial charge in [0.1, 0.15) is 0 Å². The van der Waals surface area contributed by atoms with Gasteiger partial charge in [-0.2, -0.15) is 5.10 Å². The molecule has 2 rings (SSSR count). The van der Waals surface area contributed by atoms with E-state index >= 15 is 0 Å². The van der Waals surface area contributed by atoms with Crippen molar-refractivity contribution in [3.05, 3.63) is 17.5 Å². The van der Waals surface area contributed by atoms with Crippen molar-refractivity contribution in [1.82, 2.24) is 15.1 Å². The number of rotatable bonds is 1. The summed E-state index contributed by atoms with van der Waals surface area (Å²) in [5, 5.41) is 6.75. The average Bonchev–Trinajstić information content (AvgIpc) is 2.71. The molecule has 1 saturated heterocycles. The Bertz CT molecular complexity index is 422. The largest absolute Gasteiger partial charge is 0.355 e. The molecular formula is C10H13N3O2. The van der Waals surface area contributed by atoms with Crippen LogP contribution in [0.1, 0.15) is 22.6 Å². The van der Waals surface area contributed by atoms with E-state index in [0.717, 1.165) is 11.4 Å². The lowest BCUT2D eigenvalue weighted by Crippen LogP contribution is -2.25. The fourth-order valence-electron chi connectivity index (χ4n) is 1.80. The van der Waals surface area contributed by atoms with Gasteiger partial charge in [0.05, 0.1) is 11.6 Å². The van der Waals surface area contributed by atoms with Crippen molar-refractivity contribution < 1.29 is 9.59 Å². The normalized spacial score (nSPS) is 20.4. The summed E-state index contributed by atoms with van der Waals surface area (Å²) in [5.74, 6) is -0.427. The van der Waals surface area contributed by atoms with E-state index in [1.54, 1.807) is 0 Å². The fourth-order valence-corrected chi connectivity index (χ4v) is 1.80. The topological polar surface area (TPSA) is 64.0 Å². The molecule has 0 aliphatic carbocycles. The highest BCUT2D eigenvalue weighted by molar-refractivity contribution is 5.90. The van der Waals surface area contributed by atoms with E-state index in [1.165, 1.54) is 4.68 Å². The van der Waals surface area contributed by atoms with Crippen molar-refractivity contribution in [2.24, 2.45) is 5.92 Å². The molecule has 0 saturated carbocycles. The van der Waals surface area contributed by atoms with Crippen LogP contribution in [0.15, 0.2) is 6.07 Å². The van der Waals surface area contributed by atoms with E-state index in [-0.39, 0.29) is 24.2 Å². The maximum atomic E-state index is 11.9. The first-order chi connectivity index (χ1) is 7.08. The molecule has 1 aromatic heterocycles. The molecule has 2 heterocycles. The summed E-state index contributed by atoms with van der Waals surface area (Å²) in [5.41, 5.74) is 1.63. The van der Waals surface area contributed by atoms with Crippen molar-refractivity contribution in [3.8, 4) is 0 Å².